The number of amides is 1. The van der Waals surface area contributed by atoms with E-state index in [1.54, 1.807) is 4.90 Å². The number of ether oxygens (including phenoxy) is 1. The second kappa shape index (κ2) is 10.0. The van der Waals surface area contributed by atoms with E-state index >= 15 is 0 Å². The number of hydrogen-bond donors (Lipinski definition) is 0. The van der Waals surface area contributed by atoms with E-state index in [4.69, 9.17) is 14.7 Å². The van der Waals surface area contributed by atoms with Crippen LogP contribution in [0.4, 0.5) is 10.2 Å². The van der Waals surface area contributed by atoms with Gasteiger partial charge in [0.05, 0.1) is 23.1 Å². The Morgan fingerprint density at radius 2 is 1.86 bits per heavy atom. The zero-order valence-corrected chi connectivity index (χ0v) is 24.2. The molecular weight excluding hydrogens is 529 g/mol. The van der Waals surface area contributed by atoms with E-state index in [0.29, 0.717) is 25.7 Å². The molecule has 0 saturated carbocycles. The molecule has 42 heavy (non-hydrogen) atoms. The maximum absolute atomic E-state index is 13.7. The molecule has 3 aromatic rings. The third kappa shape index (κ3) is 4.13. The number of carbonyl (C=O) groups is 1. The van der Waals surface area contributed by atoms with E-state index in [1.807, 2.05) is 0 Å². The first-order chi connectivity index (χ1) is 20.5. The smallest absolute Gasteiger partial charge is 0.319 e. The van der Waals surface area contributed by atoms with Crippen LogP contribution in [-0.2, 0) is 17.6 Å². The highest BCUT2D eigenvalue weighted by molar-refractivity contribution is 5.95. The van der Waals surface area contributed by atoms with Gasteiger partial charge in [0.25, 0.3) is 5.91 Å². The molecule has 8 rings (SSSR count). The van der Waals surface area contributed by atoms with Gasteiger partial charge in [-0.2, -0.15) is 9.97 Å². The predicted molar refractivity (Wildman–Crippen MR) is 161 cm³/mol. The van der Waals surface area contributed by atoms with Crippen molar-refractivity contribution in [2.45, 2.75) is 75.4 Å². The van der Waals surface area contributed by atoms with Crippen molar-refractivity contribution in [1.82, 2.24) is 19.8 Å². The van der Waals surface area contributed by atoms with Crippen LogP contribution in [0, 0.1) is 0 Å². The van der Waals surface area contributed by atoms with Crippen molar-refractivity contribution in [2.24, 2.45) is 0 Å². The van der Waals surface area contributed by atoms with Crippen molar-refractivity contribution in [3.63, 3.8) is 0 Å². The van der Waals surface area contributed by atoms with Gasteiger partial charge in [-0.3, -0.25) is 9.69 Å². The SMILES string of the molecule is C=C(F)C(=O)N1CC[C@@H]2[C@H]1CN2c1nc(OCC23CCCN2CCC3)nc2cc(-c3cccc4c3CCCC4)ccc12. The standard InChI is InChI=1S/C34H38FN5O2/c1-22(35)32(41)39-18-13-29-30(39)20-40(29)31-27-12-11-24(26-10-4-8-23-7-2-3-9-25(23)26)19-28(27)36-33(37-31)42-21-34-14-5-16-38(34)17-6-15-34/h4,8,10-12,19,29-30H,1-3,5-7,9,13-18,20-21H2/t29-,30-/m1/s1. The highest BCUT2D eigenvalue weighted by atomic mass is 19.1. The average molecular weight is 568 g/mol. The number of anilines is 1. The second-order valence-corrected chi connectivity index (χ2v) is 12.9. The van der Waals surface area contributed by atoms with E-state index in [2.05, 4.69) is 52.8 Å². The van der Waals surface area contributed by atoms with Crippen LogP contribution in [0.15, 0.2) is 48.8 Å². The van der Waals surface area contributed by atoms with Crippen LogP contribution in [0.5, 0.6) is 6.01 Å². The fraction of sp³-hybridized carbons (Fsp3) is 0.500. The molecule has 218 valence electrons. The largest absolute Gasteiger partial charge is 0.461 e. The number of aryl methyl sites for hydroxylation is 1. The first-order valence-corrected chi connectivity index (χ1v) is 15.7. The first-order valence-electron chi connectivity index (χ1n) is 15.7. The van der Waals surface area contributed by atoms with Crippen molar-refractivity contribution < 1.29 is 13.9 Å². The van der Waals surface area contributed by atoms with E-state index in [0.717, 1.165) is 61.9 Å². The Balaban J connectivity index is 1.16. The molecule has 1 aliphatic carbocycles. The normalized spacial score (nSPS) is 24.3. The molecule has 0 radical (unpaired) electrons. The van der Waals surface area contributed by atoms with Gasteiger partial charge in [-0.25, -0.2) is 4.39 Å². The Hall–Kier alpha value is -3.52. The Kier molecular flexibility index (Phi) is 6.25. The summed E-state index contributed by atoms with van der Waals surface area (Å²) < 4.78 is 20.2. The Morgan fingerprint density at radius 3 is 2.69 bits per heavy atom. The highest BCUT2D eigenvalue weighted by Gasteiger charge is 2.50. The van der Waals surface area contributed by atoms with Gasteiger partial charge in [0.2, 0.25) is 0 Å². The maximum atomic E-state index is 13.7. The van der Waals surface area contributed by atoms with E-state index in [9.17, 15) is 9.18 Å². The summed E-state index contributed by atoms with van der Waals surface area (Å²) in [6.45, 7) is 7.28. The lowest BCUT2D eigenvalue weighted by atomic mass is 9.86. The van der Waals surface area contributed by atoms with Crippen molar-refractivity contribution in [1.29, 1.82) is 0 Å². The number of likely N-dealkylation sites (tertiary alicyclic amines) is 1. The van der Waals surface area contributed by atoms with Crippen LogP contribution in [0.3, 0.4) is 0 Å². The molecule has 4 saturated heterocycles. The number of aromatic nitrogens is 2. The molecule has 7 nitrogen and oxygen atoms in total. The number of halogens is 1. The number of carbonyl (C=O) groups excluding carboxylic acids is 1. The summed E-state index contributed by atoms with van der Waals surface area (Å²) in [5.41, 5.74) is 6.38. The summed E-state index contributed by atoms with van der Waals surface area (Å²) in [5.74, 6) is -0.634. The summed E-state index contributed by atoms with van der Waals surface area (Å²) in [6.07, 6.45) is 10.3. The predicted octanol–water partition coefficient (Wildman–Crippen LogP) is 5.46. The molecule has 5 heterocycles. The molecule has 5 aliphatic rings. The monoisotopic (exact) mass is 567 g/mol. The van der Waals surface area contributed by atoms with Gasteiger partial charge in [-0.05, 0) is 105 Å². The van der Waals surface area contributed by atoms with Crippen LogP contribution in [-0.4, -0.2) is 76.1 Å². The van der Waals surface area contributed by atoms with Crippen LogP contribution < -0.4 is 9.64 Å². The van der Waals surface area contributed by atoms with Crippen molar-refractivity contribution in [3.8, 4) is 17.1 Å². The van der Waals surface area contributed by atoms with Gasteiger partial charge in [0.15, 0.2) is 5.83 Å². The number of rotatable bonds is 6. The minimum Gasteiger partial charge on any atom is -0.461 e. The zero-order chi connectivity index (χ0) is 28.4. The quantitative estimate of drug-likeness (QED) is 0.369. The minimum atomic E-state index is -0.889. The number of nitrogens with zero attached hydrogens (tertiary/aromatic N) is 5. The van der Waals surface area contributed by atoms with Gasteiger partial charge >= 0.3 is 6.01 Å². The molecule has 1 amide bonds. The Labute approximate surface area is 246 Å². The van der Waals surface area contributed by atoms with Gasteiger partial charge in [0, 0.05) is 18.5 Å². The summed E-state index contributed by atoms with van der Waals surface area (Å²) in [4.78, 5) is 28.9. The van der Waals surface area contributed by atoms with Gasteiger partial charge in [-0.15, -0.1) is 0 Å². The van der Waals surface area contributed by atoms with Crippen molar-refractivity contribution >= 4 is 22.6 Å². The lowest BCUT2D eigenvalue weighted by Crippen LogP contribution is -2.63. The van der Waals surface area contributed by atoms with Crippen molar-refractivity contribution in [2.75, 3.05) is 37.7 Å². The molecule has 2 atom stereocenters. The second-order valence-electron chi connectivity index (χ2n) is 12.9. The summed E-state index contributed by atoms with van der Waals surface area (Å²) in [6, 6.07) is 13.7. The molecule has 0 bridgehead atoms. The third-order valence-electron chi connectivity index (χ3n) is 10.7. The van der Waals surface area contributed by atoms with Crippen LogP contribution in [0.1, 0.15) is 56.1 Å². The van der Waals surface area contributed by atoms with Crippen LogP contribution >= 0.6 is 0 Å². The molecular formula is C34H38FN5O2. The Morgan fingerprint density at radius 1 is 1.02 bits per heavy atom. The van der Waals surface area contributed by atoms with E-state index in [-0.39, 0.29) is 17.6 Å². The average Bonchev–Trinajstić information content (AvgIpc) is 3.67. The Bertz CT molecular complexity index is 1580. The summed E-state index contributed by atoms with van der Waals surface area (Å²) in [5, 5.41) is 0.982. The minimum absolute atomic E-state index is 0.0288. The maximum Gasteiger partial charge on any atom is 0.319 e. The summed E-state index contributed by atoms with van der Waals surface area (Å²) in [7, 11) is 0. The number of fused-ring (bicyclic) bond motifs is 4. The molecule has 0 unspecified atom stereocenters. The molecule has 0 spiro atoms. The summed E-state index contributed by atoms with van der Waals surface area (Å²) >= 11 is 0. The molecule has 4 fully saturated rings. The number of hydrogen-bond acceptors (Lipinski definition) is 6. The van der Waals surface area contributed by atoms with Crippen LogP contribution in [0.2, 0.25) is 0 Å². The third-order valence-corrected chi connectivity index (χ3v) is 10.7. The van der Waals surface area contributed by atoms with Gasteiger partial charge in [0.1, 0.15) is 12.4 Å². The van der Waals surface area contributed by atoms with Gasteiger partial charge in [-0.1, -0.05) is 30.8 Å². The lowest BCUT2D eigenvalue weighted by molar-refractivity contribution is -0.130. The van der Waals surface area contributed by atoms with E-state index in [1.165, 1.54) is 47.9 Å². The van der Waals surface area contributed by atoms with Crippen molar-refractivity contribution in [3.05, 3.63) is 59.9 Å². The molecule has 4 aliphatic heterocycles. The lowest BCUT2D eigenvalue weighted by Gasteiger charge is -2.47. The fourth-order valence-electron chi connectivity index (χ4n) is 8.53. The molecule has 1 aromatic heterocycles. The molecule has 8 heteroatoms. The first kappa shape index (κ1) is 26.1. The zero-order valence-electron chi connectivity index (χ0n) is 24.2. The van der Waals surface area contributed by atoms with Crippen LogP contribution in [0.25, 0.3) is 22.0 Å². The van der Waals surface area contributed by atoms with Gasteiger partial charge < -0.3 is 14.5 Å². The highest BCUT2D eigenvalue weighted by Crippen LogP contribution is 2.42. The van der Waals surface area contributed by atoms with E-state index < -0.39 is 11.7 Å². The number of benzene rings is 2. The topological polar surface area (TPSA) is 61.8 Å². The fourth-order valence-corrected chi connectivity index (χ4v) is 8.53. The molecule has 0 N–H and O–H groups in total. The molecule has 2 aromatic carbocycles.